The summed E-state index contributed by atoms with van der Waals surface area (Å²) in [6.07, 6.45) is 0. The van der Waals surface area contributed by atoms with Crippen LogP contribution in [-0.2, 0) is 14.9 Å². The predicted molar refractivity (Wildman–Crippen MR) is 71.8 cm³/mol. The van der Waals surface area contributed by atoms with Crippen molar-refractivity contribution in [3.63, 3.8) is 0 Å². The van der Waals surface area contributed by atoms with E-state index in [9.17, 15) is 4.79 Å². The van der Waals surface area contributed by atoms with Crippen LogP contribution in [0.3, 0.4) is 0 Å². The largest absolute Gasteiger partial charge is 0.465 e. The molecular formula is C17H14O2. The van der Waals surface area contributed by atoms with E-state index in [4.69, 9.17) is 4.74 Å². The molecule has 0 bridgehead atoms. The van der Waals surface area contributed by atoms with Crippen molar-refractivity contribution in [2.75, 3.05) is 6.61 Å². The summed E-state index contributed by atoms with van der Waals surface area (Å²) >= 11 is 0. The predicted octanol–water partition coefficient (Wildman–Crippen LogP) is 2.89. The van der Waals surface area contributed by atoms with Crippen LogP contribution >= 0.6 is 0 Å². The summed E-state index contributed by atoms with van der Waals surface area (Å²) in [4.78, 5) is 12.3. The first-order valence-corrected chi connectivity index (χ1v) is 6.63. The van der Waals surface area contributed by atoms with Crippen molar-refractivity contribution in [2.24, 2.45) is 5.92 Å². The van der Waals surface area contributed by atoms with E-state index in [1.807, 2.05) is 48.5 Å². The Hall–Kier alpha value is -2.09. The van der Waals surface area contributed by atoms with E-state index in [0.717, 1.165) is 5.56 Å². The van der Waals surface area contributed by atoms with Gasteiger partial charge in [0.2, 0.25) is 0 Å². The minimum Gasteiger partial charge on any atom is -0.465 e. The number of cyclic esters (lactones) is 1. The van der Waals surface area contributed by atoms with Crippen LogP contribution in [0.5, 0.6) is 0 Å². The highest BCUT2D eigenvalue weighted by Gasteiger charge is 2.75. The molecule has 0 N–H and O–H groups in total. The van der Waals surface area contributed by atoms with Gasteiger partial charge in [-0.25, -0.2) is 0 Å². The van der Waals surface area contributed by atoms with Crippen LogP contribution in [0.25, 0.3) is 0 Å². The molecule has 2 aliphatic rings. The van der Waals surface area contributed by atoms with Crippen LogP contribution in [0.1, 0.15) is 17.0 Å². The second-order valence-electron chi connectivity index (χ2n) is 5.33. The lowest BCUT2D eigenvalue weighted by Crippen LogP contribution is -2.21. The van der Waals surface area contributed by atoms with Gasteiger partial charge in [0.1, 0.15) is 5.41 Å². The van der Waals surface area contributed by atoms with Gasteiger partial charge in [-0.05, 0) is 11.1 Å². The van der Waals surface area contributed by atoms with Crippen LogP contribution in [0.15, 0.2) is 60.7 Å². The zero-order chi connectivity index (χ0) is 12.9. The van der Waals surface area contributed by atoms with Gasteiger partial charge in [0.05, 0.1) is 6.61 Å². The molecule has 2 heteroatoms. The molecule has 1 aliphatic heterocycles. The number of carbonyl (C=O) groups is 1. The first kappa shape index (κ1) is 10.8. The molecule has 1 saturated heterocycles. The van der Waals surface area contributed by atoms with Crippen LogP contribution in [0, 0.1) is 5.92 Å². The standard InChI is InChI=1S/C17H14O2/c18-16-17(13-9-5-2-6-10-13)14(11-19-16)15(17)12-7-3-1-4-8-12/h1-10,14-15H,11H2/t14?,15-,17-/m0/s1. The monoisotopic (exact) mass is 250 g/mol. The number of hydrogen-bond acceptors (Lipinski definition) is 2. The van der Waals surface area contributed by atoms with Crippen molar-refractivity contribution in [1.82, 2.24) is 0 Å². The average Bonchev–Trinajstić information content (AvgIpc) is 3.05. The fraction of sp³-hybridized carbons (Fsp3) is 0.235. The van der Waals surface area contributed by atoms with Crippen LogP contribution < -0.4 is 0 Å². The lowest BCUT2D eigenvalue weighted by Gasteiger charge is -2.14. The maximum Gasteiger partial charge on any atom is 0.317 e. The summed E-state index contributed by atoms with van der Waals surface area (Å²) in [6, 6.07) is 20.4. The van der Waals surface area contributed by atoms with Crippen LogP contribution in [0.4, 0.5) is 0 Å². The summed E-state index contributed by atoms with van der Waals surface area (Å²) in [5.41, 5.74) is 1.91. The molecule has 1 heterocycles. The Morgan fingerprint density at radius 1 is 0.947 bits per heavy atom. The SMILES string of the molecule is O=C1OCC2[C@H](c3ccccc3)[C@@]12c1ccccc1. The van der Waals surface area contributed by atoms with Crippen molar-refractivity contribution in [3.05, 3.63) is 71.8 Å². The molecule has 2 nitrogen and oxygen atoms in total. The average molecular weight is 250 g/mol. The molecule has 1 aliphatic carbocycles. The molecule has 0 aromatic heterocycles. The zero-order valence-corrected chi connectivity index (χ0v) is 10.5. The van der Waals surface area contributed by atoms with E-state index >= 15 is 0 Å². The highest BCUT2D eigenvalue weighted by molar-refractivity contribution is 5.92. The molecule has 94 valence electrons. The third-order valence-corrected chi connectivity index (χ3v) is 4.51. The Kier molecular flexibility index (Phi) is 2.10. The molecule has 0 amide bonds. The highest BCUT2D eigenvalue weighted by Crippen LogP contribution is 2.69. The van der Waals surface area contributed by atoms with Crippen molar-refractivity contribution in [2.45, 2.75) is 11.3 Å². The number of carbonyl (C=O) groups excluding carboxylic acids is 1. The Balaban J connectivity index is 1.83. The van der Waals surface area contributed by atoms with Crippen molar-refractivity contribution in [3.8, 4) is 0 Å². The summed E-state index contributed by atoms with van der Waals surface area (Å²) in [5, 5.41) is 0. The van der Waals surface area contributed by atoms with Gasteiger partial charge >= 0.3 is 5.97 Å². The van der Waals surface area contributed by atoms with E-state index in [2.05, 4.69) is 12.1 Å². The topological polar surface area (TPSA) is 26.3 Å². The Morgan fingerprint density at radius 2 is 1.58 bits per heavy atom. The summed E-state index contributed by atoms with van der Waals surface area (Å²) in [7, 11) is 0. The lowest BCUT2D eigenvalue weighted by molar-refractivity contribution is -0.142. The van der Waals surface area contributed by atoms with Gasteiger partial charge in [-0.2, -0.15) is 0 Å². The number of rotatable bonds is 2. The van der Waals surface area contributed by atoms with Gasteiger partial charge in [-0.1, -0.05) is 60.7 Å². The van der Waals surface area contributed by atoms with Gasteiger partial charge in [0.25, 0.3) is 0 Å². The maximum atomic E-state index is 12.3. The molecule has 2 aromatic carbocycles. The highest BCUT2D eigenvalue weighted by atomic mass is 16.5. The quantitative estimate of drug-likeness (QED) is 0.766. The zero-order valence-electron chi connectivity index (χ0n) is 10.5. The van der Waals surface area contributed by atoms with Crippen LogP contribution in [0.2, 0.25) is 0 Å². The number of fused-ring (bicyclic) bond motifs is 1. The molecule has 0 spiro atoms. The lowest BCUT2D eigenvalue weighted by atomic mass is 9.90. The van der Waals surface area contributed by atoms with E-state index in [0.29, 0.717) is 12.5 Å². The van der Waals surface area contributed by atoms with E-state index in [-0.39, 0.29) is 11.9 Å². The molecule has 1 unspecified atom stereocenters. The molecule has 2 aromatic rings. The molecule has 19 heavy (non-hydrogen) atoms. The summed E-state index contributed by atoms with van der Waals surface area (Å²) < 4.78 is 5.29. The van der Waals surface area contributed by atoms with Gasteiger partial charge < -0.3 is 4.74 Å². The molecule has 1 saturated carbocycles. The Morgan fingerprint density at radius 3 is 2.26 bits per heavy atom. The maximum absolute atomic E-state index is 12.3. The van der Waals surface area contributed by atoms with Crippen molar-refractivity contribution < 1.29 is 9.53 Å². The number of ether oxygens (including phenoxy) is 1. The van der Waals surface area contributed by atoms with Gasteiger partial charge in [-0.3, -0.25) is 4.79 Å². The van der Waals surface area contributed by atoms with E-state index in [1.165, 1.54) is 5.56 Å². The van der Waals surface area contributed by atoms with Crippen molar-refractivity contribution in [1.29, 1.82) is 0 Å². The van der Waals surface area contributed by atoms with Gasteiger partial charge in [0, 0.05) is 11.8 Å². The summed E-state index contributed by atoms with van der Waals surface area (Å²) in [5.74, 6) is 0.514. The second kappa shape index (κ2) is 3.70. The number of esters is 1. The second-order valence-corrected chi connectivity index (χ2v) is 5.33. The minimum absolute atomic E-state index is 0.0578. The molecule has 3 atom stereocenters. The molecule has 2 fully saturated rings. The first-order valence-electron chi connectivity index (χ1n) is 6.63. The molecule has 4 rings (SSSR count). The normalized spacial score (nSPS) is 31.7. The fourth-order valence-corrected chi connectivity index (χ4v) is 3.63. The van der Waals surface area contributed by atoms with E-state index < -0.39 is 5.41 Å². The van der Waals surface area contributed by atoms with E-state index in [1.54, 1.807) is 0 Å². The van der Waals surface area contributed by atoms with Gasteiger partial charge in [0.15, 0.2) is 0 Å². The smallest absolute Gasteiger partial charge is 0.317 e. The fourth-order valence-electron chi connectivity index (χ4n) is 3.63. The number of benzene rings is 2. The molecular weight excluding hydrogens is 236 g/mol. The Bertz CT molecular complexity index is 620. The third kappa shape index (κ3) is 1.29. The Labute approximate surface area is 112 Å². The first-order chi connectivity index (χ1) is 9.35. The summed E-state index contributed by atoms with van der Waals surface area (Å²) in [6.45, 7) is 0.549. The number of hydrogen-bond donors (Lipinski definition) is 0. The molecule has 0 radical (unpaired) electrons. The van der Waals surface area contributed by atoms with Crippen LogP contribution in [-0.4, -0.2) is 12.6 Å². The minimum atomic E-state index is -0.428. The van der Waals surface area contributed by atoms with Gasteiger partial charge in [-0.15, -0.1) is 0 Å². The van der Waals surface area contributed by atoms with Crippen molar-refractivity contribution >= 4 is 5.97 Å². The third-order valence-electron chi connectivity index (χ3n) is 4.51.